The van der Waals surface area contributed by atoms with Gasteiger partial charge in [-0.05, 0) is 84.3 Å². The molecule has 18 heteroatoms. The Morgan fingerprint density at radius 2 is 1.28 bits per heavy atom. The minimum atomic E-state index is -1.38. The zero-order chi connectivity index (χ0) is 55.1. The molecule has 5 aromatic carbocycles. The van der Waals surface area contributed by atoms with Crippen LogP contribution in [0.15, 0.2) is 146 Å². The maximum atomic E-state index is 15.4. The van der Waals surface area contributed by atoms with Gasteiger partial charge in [-0.2, -0.15) is 0 Å². The van der Waals surface area contributed by atoms with E-state index in [1.165, 1.54) is 4.90 Å². The summed E-state index contributed by atoms with van der Waals surface area (Å²) in [6.07, 6.45) is 1.42. The number of rotatable bonds is 15. The Morgan fingerprint density at radius 1 is 0.646 bits per heavy atom. The Kier molecular flexibility index (Phi) is 18.8. The van der Waals surface area contributed by atoms with E-state index in [0.717, 1.165) is 48.0 Å². The number of hydrogen-bond donors (Lipinski definition) is 8. The van der Waals surface area contributed by atoms with E-state index in [1.807, 2.05) is 84.9 Å². The molecule has 0 saturated carbocycles. The third-order valence-electron chi connectivity index (χ3n) is 15.1. The molecule has 3 saturated heterocycles. The molecular weight excluding hydrogens is 1000 g/mol. The summed E-state index contributed by atoms with van der Waals surface area (Å²) < 4.78 is 11.8. The van der Waals surface area contributed by atoms with Crippen molar-refractivity contribution in [3.63, 3.8) is 0 Å². The number of ether oxygens (including phenoxy) is 2. The lowest BCUT2D eigenvalue weighted by atomic mass is 9.83. The maximum absolute atomic E-state index is 15.4. The molecule has 0 unspecified atom stereocenters. The quantitative estimate of drug-likeness (QED) is 0.0699. The van der Waals surface area contributed by atoms with Gasteiger partial charge in [-0.3, -0.25) is 28.8 Å². The highest BCUT2D eigenvalue weighted by Crippen LogP contribution is 2.29. The Labute approximate surface area is 459 Å². The Morgan fingerprint density at radius 3 is 2.00 bits per heavy atom. The highest BCUT2D eigenvalue weighted by molar-refractivity contribution is 5.99. The average Bonchev–Trinajstić information content (AvgIpc) is 4.19. The first-order chi connectivity index (χ1) is 38.5. The van der Waals surface area contributed by atoms with E-state index in [2.05, 4.69) is 36.9 Å². The van der Waals surface area contributed by atoms with Gasteiger partial charge in [-0.25, -0.2) is 4.79 Å². The number of Topliss-reactive ketones (excluding diaryl/α,β-unsaturated/α-hetero) is 1. The molecule has 1 aromatic heterocycles. The summed E-state index contributed by atoms with van der Waals surface area (Å²) in [5.74, 6) is -3.99. The van der Waals surface area contributed by atoms with Gasteiger partial charge >= 0.3 is 6.09 Å². The summed E-state index contributed by atoms with van der Waals surface area (Å²) >= 11 is 0. The second-order valence-electron chi connectivity index (χ2n) is 20.7. The van der Waals surface area contributed by atoms with Crippen molar-refractivity contribution < 1.29 is 43.0 Å². The van der Waals surface area contributed by atoms with Crippen molar-refractivity contribution in [3.8, 4) is 5.75 Å². The van der Waals surface area contributed by atoms with Crippen LogP contribution in [0.1, 0.15) is 66.0 Å². The van der Waals surface area contributed by atoms with E-state index >= 15 is 28.8 Å². The second kappa shape index (κ2) is 26.8. The van der Waals surface area contributed by atoms with Crippen LogP contribution >= 0.6 is 0 Å². The predicted molar refractivity (Wildman–Crippen MR) is 297 cm³/mol. The van der Waals surface area contributed by atoms with Crippen LogP contribution in [-0.2, 0) is 59.4 Å². The summed E-state index contributed by atoms with van der Waals surface area (Å²) in [5.41, 5.74) is 9.96. The molecule has 0 spiro atoms. The molecule has 6 aromatic rings. The molecule has 18 nitrogen and oxygen atoms in total. The van der Waals surface area contributed by atoms with Crippen molar-refractivity contribution in [1.29, 1.82) is 0 Å². The van der Waals surface area contributed by atoms with Crippen LogP contribution in [0.5, 0.6) is 5.75 Å². The molecule has 0 bridgehead atoms. The lowest BCUT2D eigenvalue weighted by molar-refractivity contribution is -0.143. The fourth-order valence-electron chi connectivity index (χ4n) is 10.9. The van der Waals surface area contributed by atoms with Gasteiger partial charge < -0.3 is 57.0 Å². The molecule has 4 heterocycles. The number of ketones is 1. The van der Waals surface area contributed by atoms with E-state index in [0.29, 0.717) is 35.5 Å². The van der Waals surface area contributed by atoms with E-state index < -0.39 is 83.6 Å². The number of carbonyl (C=O) groups is 7. The van der Waals surface area contributed by atoms with E-state index in [1.54, 1.807) is 60.8 Å². The molecular formula is C61H69N9O9. The van der Waals surface area contributed by atoms with Crippen LogP contribution in [0.3, 0.4) is 0 Å². The molecule has 0 radical (unpaired) electrons. The van der Waals surface area contributed by atoms with Crippen LogP contribution in [0.25, 0.3) is 10.9 Å². The van der Waals surface area contributed by atoms with Crippen LogP contribution in [0, 0.1) is 11.8 Å². The second-order valence-corrected chi connectivity index (χ2v) is 20.7. The number of fused-ring (bicyclic) bond motifs is 2. The van der Waals surface area contributed by atoms with Crippen molar-refractivity contribution in [3.05, 3.63) is 174 Å². The highest BCUT2D eigenvalue weighted by Gasteiger charge is 2.45. The van der Waals surface area contributed by atoms with E-state index in [4.69, 9.17) is 15.2 Å². The molecule has 9 N–H and O–H groups in total. The third-order valence-corrected chi connectivity index (χ3v) is 15.1. The fourth-order valence-corrected chi connectivity index (χ4v) is 10.9. The zero-order valence-electron chi connectivity index (χ0n) is 44.1. The van der Waals surface area contributed by atoms with Gasteiger partial charge in [-0.15, -0.1) is 0 Å². The monoisotopic (exact) mass is 1070 g/mol. The summed E-state index contributed by atoms with van der Waals surface area (Å²) in [5, 5.41) is 18.8. The van der Waals surface area contributed by atoms with Gasteiger partial charge in [0.25, 0.3) is 0 Å². The smallest absolute Gasteiger partial charge is 0.407 e. The lowest BCUT2D eigenvalue weighted by Crippen LogP contribution is -2.59. The van der Waals surface area contributed by atoms with Crippen LogP contribution in [0.2, 0.25) is 0 Å². The SMILES string of the molecule is NCCNC(=O)O[C@@H]1C[C@H]2C(=O)N[C@@H](c3ccccc3)C(=O)N[C@H](Cc3c[nH]c4ccccc34)C(=O)C[C@@H](CC3CCNCC3)C(=O)N[C@@H](Cc3ccc(OCc4ccccc4)cc3)C(=O)N[C@@H](Cc3ccccc3)C(=O)N2C1. The maximum Gasteiger partial charge on any atom is 0.407 e. The number of nitrogens with zero attached hydrogens (tertiary/aromatic N) is 1. The van der Waals surface area contributed by atoms with Gasteiger partial charge in [-0.1, -0.05) is 121 Å². The Hall–Kier alpha value is -8.35. The van der Waals surface area contributed by atoms with Gasteiger partial charge in [0.1, 0.15) is 42.6 Å². The molecule has 3 aliphatic heterocycles. The minimum Gasteiger partial charge on any atom is -0.489 e. The van der Waals surface area contributed by atoms with E-state index in [-0.39, 0.29) is 57.7 Å². The van der Waals surface area contributed by atoms with Crippen LogP contribution < -0.4 is 42.4 Å². The lowest BCUT2D eigenvalue weighted by Gasteiger charge is -2.32. The molecule has 9 rings (SSSR count). The zero-order valence-corrected chi connectivity index (χ0v) is 44.1. The molecule has 7 atom stereocenters. The number of hydrogen-bond acceptors (Lipinski definition) is 11. The number of nitrogens with one attached hydrogen (secondary N) is 7. The topological polar surface area (TPSA) is 255 Å². The Balaban J connectivity index is 1.11. The predicted octanol–water partition coefficient (Wildman–Crippen LogP) is 4.72. The van der Waals surface area contributed by atoms with Gasteiger partial charge in [0.05, 0.1) is 12.6 Å². The number of piperidine rings is 1. The van der Waals surface area contributed by atoms with Gasteiger partial charge in [0.2, 0.25) is 29.5 Å². The van der Waals surface area contributed by atoms with Crippen molar-refractivity contribution >= 4 is 52.3 Å². The number of nitrogens with two attached hydrogens (primary N) is 1. The first-order valence-corrected chi connectivity index (χ1v) is 27.3. The van der Waals surface area contributed by atoms with Crippen molar-refractivity contribution in [2.24, 2.45) is 17.6 Å². The molecule has 3 aliphatic rings. The molecule has 6 amide bonds. The summed E-state index contributed by atoms with van der Waals surface area (Å²) in [7, 11) is 0. The fraction of sp³-hybridized carbons (Fsp3) is 0.361. The summed E-state index contributed by atoms with van der Waals surface area (Å²) in [4.78, 5) is 109. The summed E-state index contributed by atoms with van der Waals surface area (Å²) in [6, 6.07) is 35.7. The molecule has 3 fully saturated rings. The number of carbonyl (C=O) groups excluding carboxylic acids is 7. The van der Waals surface area contributed by atoms with Gasteiger partial charge in [0.15, 0.2) is 5.78 Å². The number of para-hydroxylation sites is 1. The highest BCUT2D eigenvalue weighted by atomic mass is 16.6. The number of alkyl carbamates (subject to hydrolysis) is 1. The Bertz CT molecular complexity index is 3040. The number of H-pyrrole nitrogens is 1. The van der Waals surface area contributed by atoms with Crippen molar-refractivity contribution in [2.45, 2.75) is 94.3 Å². The number of amides is 6. The average molecular weight is 1070 g/mol. The molecule has 79 heavy (non-hydrogen) atoms. The minimum absolute atomic E-state index is 0.0144. The van der Waals surface area contributed by atoms with Crippen LogP contribution in [-0.4, -0.2) is 114 Å². The number of aromatic nitrogens is 1. The first kappa shape index (κ1) is 55.4. The van der Waals surface area contributed by atoms with Crippen molar-refractivity contribution in [1.82, 2.24) is 41.8 Å². The normalized spacial score (nSPS) is 22.8. The first-order valence-electron chi connectivity index (χ1n) is 27.3. The van der Waals surface area contributed by atoms with Gasteiger partial charge in [0, 0.05) is 68.2 Å². The summed E-state index contributed by atoms with van der Waals surface area (Å²) in [6.45, 7) is 1.82. The largest absolute Gasteiger partial charge is 0.489 e. The number of aromatic amines is 1. The van der Waals surface area contributed by atoms with Crippen LogP contribution in [0.4, 0.5) is 4.79 Å². The molecule has 412 valence electrons. The number of benzene rings is 5. The molecule has 0 aliphatic carbocycles. The van der Waals surface area contributed by atoms with E-state index in [9.17, 15) is 4.79 Å². The standard InChI is InChI=1S/C61H69N9O9/c62-26-29-64-61(77)79-47-35-53-58(74)69-55(43-16-8-3-9-17-43)59(75)66-50(33-45-36-65-49-19-11-10-18-48(45)49)54(71)34-44(30-41-24-27-63-28-25-41)56(72)67-51(31-40-20-22-46(23-21-40)78-38-42-14-6-2-7-15-42)57(73)68-52(60(76)70(53)37-47)32-39-12-4-1-5-13-39/h1-23,36,41,44,47,50-53,55,63,65H,24-35,37-38,62H2,(H,64,77)(H,66,75)(H,67,72)(H,68,73)(H,69,74)/t44-,47-,50-,51+,52+,53+,55+/m1/s1. The third kappa shape index (κ3) is 14.8. The van der Waals surface area contributed by atoms with Crippen molar-refractivity contribution in [2.75, 3.05) is 32.7 Å².